The van der Waals surface area contributed by atoms with Gasteiger partial charge in [0.1, 0.15) is 0 Å². The molecule has 3 N–H and O–H groups in total. The summed E-state index contributed by atoms with van der Waals surface area (Å²) in [5.41, 5.74) is 3.97. The van der Waals surface area contributed by atoms with Crippen molar-refractivity contribution in [3.8, 4) is 11.3 Å². The smallest absolute Gasteiger partial charge is 0.290 e. The van der Waals surface area contributed by atoms with Crippen LogP contribution in [0.1, 0.15) is 36.9 Å². The first-order valence-electron chi connectivity index (χ1n) is 11.7. The Bertz CT molecular complexity index is 1240. The van der Waals surface area contributed by atoms with E-state index in [0.717, 1.165) is 55.2 Å². The Labute approximate surface area is 208 Å². The summed E-state index contributed by atoms with van der Waals surface area (Å²) in [6.07, 6.45) is 9.27. The van der Waals surface area contributed by atoms with Crippen LogP contribution in [0.2, 0.25) is 0 Å². The van der Waals surface area contributed by atoms with Crippen molar-refractivity contribution in [3.63, 3.8) is 0 Å². The normalized spacial score (nSPS) is 21.2. The van der Waals surface area contributed by atoms with E-state index in [1.54, 1.807) is 18.3 Å². The van der Waals surface area contributed by atoms with Crippen LogP contribution in [0.25, 0.3) is 17.3 Å². The van der Waals surface area contributed by atoms with Crippen molar-refractivity contribution in [1.82, 2.24) is 25.6 Å². The van der Waals surface area contributed by atoms with Gasteiger partial charge in [-0.25, -0.2) is 9.97 Å². The summed E-state index contributed by atoms with van der Waals surface area (Å²) in [6.45, 7) is 0.831. The average molecular weight is 487 g/mol. The molecule has 178 valence electrons. The molecule has 0 unspecified atom stereocenters. The van der Waals surface area contributed by atoms with Crippen LogP contribution in [0.5, 0.6) is 0 Å². The summed E-state index contributed by atoms with van der Waals surface area (Å²) in [5, 5.41) is 9.02. The molecule has 8 nitrogen and oxygen atoms in total. The van der Waals surface area contributed by atoms with Crippen LogP contribution in [-0.4, -0.2) is 38.2 Å². The first kappa shape index (κ1) is 23.2. The van der Waals surface area contributed by atoms with Gasteiger partial charge in [-0.3, -0.25) is 19.9 Å². The molecular weight excluding hydrogens is 460 g/mol. The first-order chi connectivity index (χ1) is 17.1. The van der Waals surface area contributed by atoms with Gasteiger partial charge >= 0.3 is 0 Å². The third-order valence-electron chi connectivity index (χ3n) is 6.14. The second kappa shape index (κ2) is 10.8. The molecule has 0 atom stereocenters. The highest BCUT2D eigenvalue weighted by molar-refractivity contribution is 8.18. The maximum Gasteiger partial charge on any atom is 0.290 e. The number of imide groups is 1. The van der Waals surface area contributed by atoms with Crippen molar-refractivity contribution in [2.45, 2.75) is 44.3 Å². The Kier molecular flexibility index (Phi) is 7.15. The number of nitrogens with one attached hydrogen (secondary N) is 3. The number of hydrogen-bond acceptors (Lipinski definition) is 8. The van der Waals surface area contributed by atoms with Crippen LogP contribution in [0, 0.1) is 0 Å². The minimum atomic E-state index is -0.387. The van der Waals surface area contributed by atoms with E-state index in [1.165, 1.54) is 5.56 Å². The molecule has 3 aromatic rings. The van der Waals surface area contributed by atoms with Crippen LogP contribution in [0.15, 0.2) is 65.8 Å². The number of nitrogens with zero attached hydrogens (tertiary/aromatic N) is 3. The Hall–Kier alpha value is -3.56. The number of aromatic nitrogens is 3. The number of amides is 2. The fourth-order valence-corrected chi connectivity index (χ4v) is 5.01. The van der Waals surface area contributed by atoms with E-state index in [2.05, 4.69) is 55.2 Å². The molecule has 2 aliphatic rings. The van der Waals surface area contributed by atoms with Crippen molar-refractivity contribution in [3.05, 3.63) is 77.1 Å². The van der Waals surface area contributed by atoms with Gasteiger partial charge in [-0.15, -0.1) is 0 Å². The zero-order valence-corrected chi connectivity index (χ0v) is 19.9. The zero-order valence-electron chi connectivity index (χ0n) is 19.1. The van der Waals surface area contributed by atoms with Crippen LogP contribution < -0.4 is 16.0 Å². The quantitative estimate of drug-likeness (QED) is 0.422. The van der Waals surface area contributed by atoms with Gasteiger partial charge in [0.15, 0.2) is 0 Å². The van der Waals surface area contributed by atoms with Gasteiger partial charge in [-0.05, 0) is 73.4 Å². The van der Waals surface area contributed by atoms with Gasteiger partial charge in [0, 0.05) is 36.6 Å². The van der Waals surface area contributed by atoms with E-state index < -0.39 is 0 Å². The summed E-state index contributed by atoms with van der Waals surface area (Å²) in [5.74, 6) is 0.152. The fourth-order valence-electron chi connectivity index (χ4n) is 4.34. The molecule has 0 bridgehead atoms. The Morgan fingerprint density at radius 1 is 0.971 bits per heavy atom. The summed E-state index contributed by atoms with van der Waals surface area (Å²) in [7, 11) is 0. The van der Waals surface area contributed by atoms with E-state index in [9.17, 15) is 9.59 Å². The number of carbonyl (C=O) groups is 2. The summed E-state index contributed by atoms with van der Waals surface area (Å²) >= 11 is 0.883. The molecule has 1 saturated carbocycles. The van der Waals surface area contributed by atoms with Crippen LogP contribution in [0.3, 0.4) is 0 Å². The molecule has 35 heavy (non-hydrogen) atoms. The summed E-state index contributed by atoms with van der Waals surface area (Å²) < 4.78 is 0. The highest BCUT2D eigenvalue weighted by Crippen LogP contribution is 2.26. The Balaban J connectivity index is 1.11. The number of pyridine rings is 1. The summed E-state index contributed by atoms with van der Waals surface area (Å²) in [6, 6.07) is 17.0. The number of thioether (sulfide) groups is 1. The highest BCUT2D eigenvalue weighted by atomic mass is 32.2. The maximum absolute atomic E-state index is 11.8. The van der Waals surface area contributed by atoms with Gasteiger partial charge in [0.25, 0.3) is 11.1 Å². The van der Waals surface area contributed by atoms with E-state index in [4.69, 9.17) is 0 Å². The zero-order chi connectivity index (χ0) is 24.0. The third kappa shape index (κ3) is 6.12. The van der Waals surface area contributed by atoms with Gasteiger partial charge < -0.3 is 10.6 Å². The molecule has 5 rings (SSSR count). The topological polar surface area (TPSA) is 109 Å². The lowest BCUT2D eigenvalue weighted by Crippen LogP contribution is -2.36. The predicted octanol–water partition coefficient (Wildman–Crippen LogP) is 4.38. The van der Waals surface area contributed by atoms with Crippen molar-refractivity contribution in [1.29, 1.82) is 0 Å². The largest absolute Gasteiger partial charge is 0.351 e. The maximum atomic E-state index is 11.8. The SMILES string of the molecule is O=C1NC(=O)/C(=C/c2ccnc(NC3CCC(NCc4cccc(-c5ccccn5)c4)CC3)n2)S1. The standard InChI is InChI=1S/C26H26N6O2S/c33-24-23(35-26(34)32-24)15-21-11-13-28-25(31-21)30-20-9-7-19(8-10-20)29-16-17-4-3-5-18(14-17)22-6-1-2-12-27-22/h1-6,11-15,19-20,29H,7-10,16H2,(H,28,30,31)(H,32,33,34)/b23-15-. The molecule has 1 aliphatic carbocycles. The number of rotatable bonds is 7. The van der Waals surface area contributed by atoms with Crippen molar-refractivity contribution < 1.29 is 9.59 Å². The van der Waals surface area contributed by atoms with Gasteiger partial charge in [0.2, 0.25) is 5.95 Å². The van der Waals surface area contributed by atoms with E-state index in [0.29, 0.717) is 28.6 Å². The average Bonchev–Trinajstić information content (AvgIpc) is 3.20. The van der Waals surface area contributed by atoms with Crippen molar-refractivity contribution >= 4 is 34.9 Å². The molecule has 0 radical (unpaired) electrons. The molecule has 2 aromatic heterocycles. The third-order valence-corrected chi connectivity index (χ3v) is 6.95. The minimum Gasteiger partial charge on any atom is -0.351 e. The van der Waals surface area contributed by atoms with Crippen molar-refractivity contribution in [2.75, 3.05) is 5.32 Å². The van der Waals surface area contributed by atoms with Gasteiger partial charge in [-0.2, -0.15) is 0 Å². The lowest BCUT2D eigenvalue weighted by atomic mass is 9.91. The lowest BCUT2D eigenvalue weighted by Gasteiger charge is -2.30. The molecule has 2 amide bonds. The molecule has 1 aliphatic heterocycles. The molecule has 1 saturated heterocycles. The fraction of sp³-hybridized carbons (Fsp3) is 0.269. The van der Waals surface area contributed by atoms with E-state index in [-0.39, 0.29) is 11.1 Å². The Morgan fingerprint density at radius 2 is 1.83 bits per heavy atom. The lowest BCUT2D eigenvalue weighted by molar-refractivity contribution is -0.115. The number of carbonyl (C=O) groups excluding carboxylic acids is 2. The monoisotopic (exact) mass is 486 g/mol. The minimum absolute atomic E-state index is 0.300. The predicted molar refractivity (Wildman–Crippen MR) is 137 cm³/mol. The van der Waals surface area contributed by atoms with Crippen LogP contribution >= 0.6 is 11.8 Å². The second-order valence-corrected chi connectivity index (χ2v) is 9.66. The second-order valence-electron chi connectivity index (χ2n) is 8.65. The molecule has 2 fully saturated rings. The number of hydrogen-bond donors (Lipinski definition) is 3. The first-order valence-corrected chi connectivity index (χ1v) is 12.5. The number of anilines is 1. The molecule has 0 spiro atoms. The van der Waals surface area contributed by atoms with Crippen LogP contribution in [0.4, 0.5) is 10.7 Å². The molecule has 1 aromatic carbocycles. The van der Waals surface area contributed by atoms with E-state index in [1.807, 2.05) is 24.4 Å². The molecular formula is C26H26N6O2S. The number of benzene rings is 1. The molecule has 9 heteroatoms. The van der Waals surface area contributed by atoms with Crippen molar-refractivity contribution in [2.24, 2.45) is 0 Å². The highest BCUT2D eigenvalue weighted by Gasteiger charge is 2.25. The van der Waals surface area contributed by atoms with Crippen LogP contribution in [-0.2, 0) is 11.3 Å². The van der Waals surface area contributed by atoms with Gasteiger partial charge in [-0.1, -0.05) is 24.3 Å². The van der Waals surface area contributed by atoms with E-state index >= 15 is 0 Å². The molecule has 3 heterocycles. The van der Waals surface area contributed by atoms with Gasteiger partial charge in [0.05, 0.1) is 16.3 Å². The Morgan fingerprint density at radius 3 is 2.60 bits per heavy atom. The summed E-state index contributed by atoms with van der Waals surface area (Å²) in [4.78, 5) is 36.7.